The summed E-state index contributed by atoms with van der Waals surface area (Å²) < 4.78 is 46.7. The minimum absolute atomic E-state index is 0.00707. The molecule has 6 heterocycles. The largest absolute Gasteiger partial charge is 0.459 e. The van der Waals surface area contributed by atoms with Gasteiger partial charge in [0.2, 0.25) is 0 Å². The Morgan fingerprint density at radius 2 is 1.73 bits per heavy atom. The molecule has 2 bridgehead atoms. The summed E-state index contributed by atoms with van der Waals surface area (Å²) in [6.45, 7) is 16.7. The molecule has 4 aliphatic heterocycles. The first-order chi connectivity index (χ1) is 31.1. The number of cyclic esters (lactones) is 1. The third kappa shape index (κ3) is 11.5. The molecule has 18 nitrogen and oxygen atoms in total. The van der Waals surface area contributed by atoms with Crippen LogP contribution in [0.5, 0.6) is 0 Å². The number of aryl methyl sites for hydroxylation is 2. The molecule has 0 aromatic carbocycles. The van der Waals surface area contributed by atoms with E-state index in [1.165, 1.54) is 19.6 Å². The van der Waals surface area contributed by atoms with Gasteiger partial charge >= 0.3 is 5.97 Å². The van der Waals surface area contributed by atoms with E-state index in [0.29, 0.717) is 19.4 Å². The van der Waals surface area contributed by atoms with Crippen LogP contribution >= 0.6 is 0 Å². The maximum absolute atomic E-state index is 14.4. The fourth-order valence-corrected chi connectivity index (χ4v) is 10.7. The van der Waals surface area contributed by atoms with Gasteiger partial charge in [0.1, 0.15) is 29.7 Å². The number of hydrogen-bond donors (Lipinski definition) is 4. The van der Waals surface area contributed by atoms with Crippen molar-refractivity contribution < 1.29 is 63.2 Å². The molecule has 4 N–H and O–H groups in total. The number of pyridine rings is 1. The van der Waals surface area contributed by atoms with E-state index < -0.39 is 102 Å². The van der Waals surface area contributed by atoms with E-state index in [-0.39, 0.29) is 43.8 Å². The molecule has 2 aromatic rings. The summed E-state index contributed by atoms with van der Waals surface area (Å²) in [4.78, 5) is 34.9. The number of esters is 1. The van der Waals surface area contributed by atoms with Crippen LogP contribution in [0.1, 0.15) is 106 Å². The molecule has 4 aliphatic rings. The molecule has 0 saturated carbocycles. The topological polar surface area (TPSA) is 227 Å². The van der Waals surface area contributed by atoms with Crippen LogP contribution < -0.4 is 0 Å². The van der Waals surface area contributed by atoms with Gasteiger partial charge in [-0.15, -0.1) is 5.10 Å². The zero-order valence-corrected chi connectivity index (χ0v) is 40.8. The van der Waals surface area contributed by atoms with Gasteiger partial charge in [0.15, 0.2) is 12.6 Å². The Kier molecular flexibility index (Phi) is 17.2. The number of aliphatic hydroxyl groups is 4. The zero-order valence-electron chi connectivity index (χ0n) is 40.8. The van der Waals surface area contributed by atoms with E-state index >= 15 is 0 Å². The van der Waals surface area contributed by atoms with Crippen LogP contribution in [0.3, 0.4) is 0 Å². The van der Waals surface area contributed by atoms with Crippen LogP contribution in [0.25, 0.3) is 0 Å². The SMILES string of the molecule is CC[C@H]1OC(=O)[C@H](C)[C@@H](O[C@H]2C[C@@](C)(OC)[C@@H](O)[C@H](C)O2)[C@H](C)[C@@H](O[C@@H]2O[C@H](C)C[C@H](N(C)CCc3cn(CCCc4cccnc4)nn3)[C@H]2O)[C@@]2(C)C[C@@H](CO2)C(=O)[C@H](C)[C@@H](O)[C@]1(C)O. The number of fused-ring (bicyclic) bond motifs is 2. The smallest absolute Gasteiger partial charge is 0.311 e. The lowest BCUT2D eigenvalue weighted by Crippen LogP contribution is -2.61. The molecule has 18 atom stereocenters. The van der Waals surface area contributed by atoms with Crippen molar-refractivity contribution in [3.8, 4) is 0 Å². The highest BCUT2D eigenvalue weighted by atomic mass is 16.7. The number of nitrogens with zero attached hydrogens (tertiary/aromatic N) is 5. The number of rotatable bonds is 14. The number of likely N-dealkylation sites (N-methyl/N-ethyl adjacent to an activating group) is 1. The summed E-state index contributed by atoms with van der Waals surface area (Å²) in [6, 6.07) is 3.61. The molecule has 66 heavy (non-hydrogen) atoms. The summed E-state index contributed by atoms with van der Waals surface area (Å²) in [5, 5.41) is 55.3. The monoisotopic (exact) mass is 932 g/mol. The Balaban J connectivity index is 1.26. The summed E-state index contributed by atoms with van der Waals surface area (Å²) in [7, 11) is 3.46. The maximum Gasteiger partial charge on any atom is 0.311 e. The molecule has 0 unspecified atom stereocenters. The lowest BCUT2D eigenvalue weighted by atomic mass is 9.75. The number of ether oxygens (including phenoxy) is 7. The number of carbonyl (C=O) groups is 2. The van der Waals surface area contributed by atoms with Crippen molar-refractivity contribution in [1.82, 2.24) is 24.9 Å². The highest BCUT2D eigenvalue weighted by Gasteiger charge is 2.56. The first-order valence-electron chi connectivity index (χ1n) is 23.9. The van der Waals surface area contributed by atoms with Crippen LogP contribution in [0.2, 0.25) is 0 Å². The quantitative estimate of drug-likeness (QED) is 0.200. The summed E-state index contributed by atoms with van der Waals surface area (Å²) in [6.07, 6.45) is -1.07. The number of carbonyl (C=O) groups excluding carboxylic acids is 2. The fraction of sp³-hybridized carbons (Fsp3) is 0.812. The van der Waals surface area contributed by atoms with Crippen LogP contribution in [-0.4, -0.2) is 169 Å². The molecule has 0 spiro atoms. The third-order valence-corrected chi connectivity index (χ3v) is 15.1. The normalized spacial score (nSPS) is 41.7. The molecule has 2 aromatic heterocycles. The number of Topliss-reactive ketones (excluding diaryl/α,β-unsaturated/α-hetero) is 1. The molecule has 0 radical (unpaired) electrons. The molecule has 4 fully saturated rings. The van der Waals surface area contributed by atoms with Crippen LogP contribution in [0.4, 0.5) is 0 Å². The van der Waals surface area contributed by atoms with Gasteiger partial charge < -0.3 is 58.5 Å². The van der Waals surface area contributed by atoms with Gasteiger partial charge in [-0.05, 0) is 92.3 Å². The van der Waals surface area contributed by atoms with Crippen molar-refractivity contribution in [3.05, 3.63) is 42.0 Å². The summed E-state index contributed by atoms with van der Waals surface area (Å²) in [5.74, 6) is -4.50. The molecule has 4 saturated heterocycles. The second kappa shape index (κ2) is 21.7. The van der Waals surface area contributed by atoms with Crippen molar-refractivity contribution in [2.75, 3.05) is 27.3 Å². The molecule has 6 rings (SSSR count). The highest BCUT2D eigenvalue weighted by Crippen LogP contribution is 2.44. The van der Waals surface area contributed by atoms with Gasteiger partial charge in [-0.25, -0.2) is 0 Å². The lowest BCUT2D eigenvalue weighted by molar-refractivity contribution is -0.317. The van der Waals surface area contributed by atoms with Crippen LogP contribution in [0.15, 0.2) is 30.7 Å². The van der Waals surface area contributed by atoms with Crippen LogP contribution in [0, 0.1) is 23.7 Å². The van der Waals surface area contributed by atoms with E-state index in [4.69, 9.17) is 33.2 Å². The fourth-order valence-electron chi connectivity index (χ4n) is 10.7. The maximum atomic E-state index is 14.4. The Labute approximate surface area is 389 Å². The average Bonchev–Trinajstić information content (AvgIpc) is 3.93. The number of aromatic nitrogens is 4. The molecular formula is C48H77N5O13. The highest BCUT2D eigenvalue weighted by molar-refractivity contribution is 5.84. The molecule has 0 aliphatic carbocycles. The Morgan fingerprint density at radius 1 is 0.985 bits per heavy atom. The Hall–Kier alpha value is -3.01. The van der Waals surface area contributed by atoms with E-state index in [1.54, 1.807) is 40.8 Å². The van der Waals surface area contributed by atoms with Gasteiger partial charge in [0.05, 0.1) is 59.9 Å². The summed E-state index contributed by atoms with van der Waals surface area (Å²) >= 11 is 0. The minimum atomic E-state index is -1.98. The minimum Gasteiger partial charge on any atom is -0.459 e. The predicted octanol–water partition coefficient (Wildman–Crippen LogP) is 3.04. The van der Waals surface area contributed by atoms with E-state index in [9.17, 15) is 30.0 Å². The zero-order chi connectivity index (χ0) is 48.3. The van der Waals surface area contributed by atoms with Crippen molar-refractivity contribution in [2.24, 2.45) is 23.7 Å². The number of aliphatic hydroxyl groups excluding tert-OH is 3. The van der Waals surface area contributed by atoms with Crippen LogP contribution in [-0.2, 0) is 62.1 Å². The van der Waals surface area contributed by atoms with Crippen molar-refractivity contribution in [3.63, 3.8) is 0 Å². The molecule has 372 valence electrons. The molecule has 18 heteroatoms. The number of hydrogen-bond acceptors (Lipinski definition) is 17. The van der Waals surface area contributed by atoms with Gasteiger partial charge in [-0.1, -0.05) is 32.1 Å². The Morgan fingerprint density at radius 3 is 2.41 bits per heavy atom. The molecular weight excluding hydrogens is 855 g/mol. The average molecular weight is 932 g/mol. The standard InChI is InChI=1S/C48H77N5O13/c1-12-36-48(9,59)41(56)28(3)38(54)33-22-47(8,61-26-33)43(29(4)40(30(5)44(58)64-36)65-37-23-46(7,60-11)42(57)31(6)63-37)66-45-39(55)35(21-27(2)62-45)52(10)20-17-34-25-53(51-50-34)19-14-16-32-15-13-18-49-24-32/h13,15,18,24-25,27-31,33,35-37,39-43,45,55-57,59H,12,14,16-17,19-23,26H2,1-11H3/t27-,28+,29+,30-,31+,33+,35+,36-,37+,39-,40+,41-,42+,43-,45+,46-,47-,48-/m1/s1. The first-order valence-corrected chi connectivity index (χ1v) is 23.9. The van der Waals surface area contributed by atoms with Gasteiger partial charge in [0, 0.05) is 75.4 Å². The van der Waals surface area contributed by atoms with Crippen molar-refractivity contribution in [2.45, 2.75) is 198 Å². The van der Waals surface area contributed by atoms with Gasteiger partial charge in [-0.3, -0.25) is 19.3 Å². The number of ketones is 1. The Bertz CT molecular complexity index is 1890. The van der Waals surface area contributed by atoms with E-state index in [0.717, 1.165) is 25.1 Å². The summed E-state index contributed by atoms with van der Waals surface area (Å²) in [5.41, 5.74) is -2.23. The van der Waals surface area contributed by atoms with E-state index in [2.05, 4.69) is 26.3 Å². The van der Waals surface area contributed by atoms with Gasteiger partial charge in [0.25, 0.3) is 0 Å². The predicted molar refractivity (Wildman–Crippen MR) is 240 cm³/mol. The van der Waals surface area contributed by atoms with Gasteiger partial charge in [-0.2, -0.15) is 0 Å². The molecule has 0 amide bonds. The second-order valence-electron chi connectivity index (χ2n) is 20.2. The van der Waals surface area contributed by atoms with Crippen molar-refractivity contribution in [1.29, 1.82) is 0 Å². The van der Waals surface area contributed by atoms with E-state index in [1.807, 2.05) is 51.0 Å². The number of methoxy groups -OCH3 is 1. The first kappa shape index (κ1) is 52.4. The third-order valence-electron chi connectivity index (χ3n) is 15.1. The lowest BCUT2D eigenvalue weighted by Gasteiger charge is -2.49. The van der Waals surface area contributed by atoms with Crippen molar-refractivity contribution >= 4 is 11.8 Å². The second-order valence-corrected chi connectivity index (χ2v) is 20.2.